The van der Waals surface area contributed by atoms with Gasteiger partial charge in [-0.2, -0.15) is 0 Å². The van der Waals surface area contributed by atoms with Crippen LogP contribution in [0.25, 0.3) is 0 Å². The molecule has 1 rings (SSSR count). The first-order valence-corrected chi connectivity index (χ1v) is 4.73. The zero-order valence-electron chi connectivity index (χ0n) is 7.22. The van der Waals surface area contributed by atoms with Gasteiger partial charge in [-0.1, -0.05) is 34.8 Å². The van der Waals surface area contributed by atoms with Crippen LogP contribution in [-0.2, 0) is 4.79 Å². The molecule has 3 nitrogen and oxygen atoms in total. The summed E-state index contributed by atoms with van der Waals surface area (Å²) in [4.78, 5) is 11.8. The highest BCUT2D eigenvalue weighted by molar-refractivity contribution is 6.46. The molecule has 0 aromatic heterocycles. The van der Waals surface area contributed by atoms with E-state index in [1.807, 2.05) is 0 Å². The Morgan fingerprint density at radius 2 is 1.93 bits per heavy atom. The largest absolute Gasteiger partial charge is 0.396 e. The molecule has 2 N–H and O–H groups in total. The number of nitrogens with two attached hydrogens (primary N) is 1. The van der Waals surface area contributed by atoms with Crippen LogP contribution in [0.5, 0.6) is 0 Å². The number of amides is 1. The summed E-state index contributed by atoms with van der Waals surface area (Å²) in [6, 6.07) is 1.44. The van der Waals surface area contributed by atoms with E-state index in [4.69, 9.17) is 40.5 Å². The molecule has 6 heteroatoms. The monoisotopic (exact) mass is 252 g/mol. The molecule has 0 atom stereocenters. The Hall–Kier alpha value is -0.640. The fourth-order valence-electron chi connectivity index (χ4n) is 1.02. The van der Waals surface area contributed by atoms with E-state index in [9.17, 15) is 4.79 Å². The number of nitrogen functional groups attached to an aromatic ring is 1. The Morgan fingerprint density at radius 3 is 2.43 bits per heavy atom. The molecule has 1 amide bonds. The number of carbonyl (C=O) groups excluding carboxylic acids is 1. The van der Waals surface area contributed by atoms with Gasteiger partial charge in [0.15, 0.2) is 0 Å². The highest BCUT2D eigenvalue weighted by Gasteiger charge is 2.15. The average Bonchev–Trinajstić information content (AvgIpc) is 2.14. The van der Waals surface area contributed by atoms with E-state index in [2.05, 4.69) is 0 Å². The van der Waals surface area contributed by atoms with Crippen molar-refractivity contribution >= 4 is 52.6 Å². The molecule has 0 heterocycles. The van der Waals surface area contributed by atoms with Crippen molar-refractivity contribution in [1.29, 1.82) is 0 Å². The van der Waals surface area contributed by atoms with E-state index < -0.39 is 0 Å². The number of hydrogen-bond donors (Lipinski definition) is 1. The second kappa shape index (κ2) is 4.26. The van der Waals surface area contributed by atoms with E-state index in [-0.39, 0.29) is 20.8 Å². The number of halogens is 3. The maximum Gasteiger partial charge on any atom is 0.213 e. The quantitative estimate of drug-likeness (QED) is 0.500. The lowest BCUT2D eigenvalue weighted by Gasteiger charge is -2.16. The van der Waals surface area contributed by atoms with Crippen molar-refractivity contribution in [3.63, 3.8) is 0 Å². The van der Waals surface area contributed by atoms with Gasteiger partial charge in [0.25, 0.3) is 0 Å². The van der Waals surface area contributed by atoms with Crippen molar-refractivity contribution in [1.82, 2.24) is 0 Å². The molecule has 76 valence electrons. The zero-order chi connectivity index (χ0) is 10.9. The van der Waals surface area contributed by atoms with Crippen molar-refractivity contribution < 1.29 is 4.79 Å². The highest BCUT2D eigenvalue weighted by Crippen LogP contribution is 2.40. The van der Waals surface area contributed by atoms with E-state index in [0.29, 0.717) is 12.1 Å². The molecule has 0 fully saturated rings. The van der Waals surface area contributed by atoms with Gasteiger partial charge < -0.3 is 10.6 Å². The van der Waals surface area contributed by atoms with Gasteiger partial charge in [0.2, 0.25) is 6.41 Å². The zero-order valence-corrected chi connectivity index (χ0v) is 9.49. The van der Waals surface area contributed by atoms with Crippen molar-refractivity contribution in [2.24, 2.45) is 0 Å². The summed E-state index contributed by atoms with van der Waals surface area (Å²) in [5.41, 5.74) is 6.21. The molecule has 14 heavy (non-hydrogen) atoms. The molecule has 0 unspecified atom stereocenters. The van der Waals surface area contributed by atoms with Crippen LogP contribution in [0.3, 0.4) is 0 Å². The van der Waals surface area contributed by atoms with Gasteiger partial charge in [0.05, 0.1) is 26.4 Å². The van der Waals surface area contributed by atoms with Crippen molar-refractivity contribution in [3.8, 4) is 0 Å². The first kappa shape index (κ1) is 11.4. The molecule has 1 aromatic rings. The highest BCUT2D eigenvalue weighted by atomic mass is 35.5. The van der Waals surface area contributed by atoms with E-state index in [0.717, 1.165) is 0 Å². The molecule has 0 aliphatic heterocycles. The molecule has 0 spiro atoms. The maximum absolute atomic E-state index is 10.5. The van der Waals surface area contributed by atoms with Gasteiger partial charge in [0.1, 0.15) is 0 Å². The summed E-state index contributed by atoms with van der Waals surface area (Å²) < 4.78 is 0. The fourth-order valence-corrected chi connectivity index (χ4v) is 1.77. The Balaban J connectivity index is 3.43. The van der Waals surface area contributed by atoms with Crippen molar-refractivity contribution in [2.75, 3.05) is 17.7 Å². The molecule has 1 aromatic carbocycles. The number of nitrogens with zero attached hydrogens (tertiary/aromatic N) is 1. The second-order valence-corrected chi connectivity index (χ2v) is 3.83. The van der Waals surface area contributed by atoms with Crippen LogP contribution in [0.4, 0.5) is 11.4 Å². The SMILES string of the molecule is CN(C=O)c1c(Cl)cc(Cl)c(Cl)c1N. The molecular weight excluding hydrogens is 246 g/mol. The summed E-state index contributed by atoms with van der Waals surface area (Å²) in [7, 11) is 1.52. The summed E-state index contributed by atoms with van der Waals surface area (Å²) in [5.74, 6) is 0. The molecular formula is C8H7Cl3N2O. The van der Waals surface area contributed by atoms with Crippen LogP contribution < -0.4 is 10.6 Å². The molecule has 0 radical (unpaired) electrons. The van der Waals surface area contributed by atoms with Gasteiger partial charge in [-0.15, -0.1) is 0 Å². The van der Waals surface area contributed by atoms with Gasteiger partial charge in [0, 0.05) is 7.05 Å². The first-order chi connectivity index (χ1) is 6.49. The van der Waals surface area contributed by atoms with E-state index >= 15 is 0 Å². The van der Waals surface area contributed by atoms with Crippen molar-refractivity contribution in [2.45, 2.75) is 0 Å². The Morgan fingerprint density at radius 1 is 1.36 bits per heavy atom. The van der Waals surface area contributed by atoms with Crippen LogP contribution in [0.1, 0.15) is 0 Å². The first-order valence-electron chi connectivity index (χ1n) is 3.60. The summed E-state index contributed by atoms with van der Waals surface area (Å²) in [6.07, 6.45) is 0.585. The minimum Gasteiger partial charge on any atom is -0.396 e. The Bertz CT molecular complexity index is 381. The van der Waals surface area contributed by atoms with Crippen molar-refractivity contribution in [3.05, 3.63) is 21.1 Å². The smallest absolute Gasteiger partial charge is 0.213 e. The van der Waals surface area contributed by atoms with Crippen LogP contribution in [-0.4, -0.2) is 13.5 Å². The van der Waals surface area contributed by atoms with Gasteiger partial charge in [-0.05, 0) is 6.07 Å². The Labute approximate surface area is 96.3 Å². The molecule has 0 saturated heterocycles. The topological polar surface area (TPSA) is 46.3 Å². The molecule has 0 aliphatic rings. The predicted molar refractivity (Wildman–Crippen MR) is 60.4 cm³/mol. The minimum absolute atomic E-state index is 0.193. The summed E-state index contributed by atoms with van der Waals surface area (Å²) >= 11 is 17.4. The van der Waals surface area contributed by atoms with Gasteiger partial charge in [-0.3, -0.25) is 4.79 Å². The van der Waals surface area contributed by atoms with Crippen LogP contribution in [0.2, 0.25) is 15.1 Å². The van der Waals surface area contributed by atoms with Gasteiger partial charge >= 0.3 is 0 Å². The van der Waals surface area contributed by atoms with E-state index in [1.165, 1.54) is 18.0 Å². The number of carbonyl (C=O) groups is 1. The standard InChI is InChI=1S/C8H7Cl3N2O/c1-13(3-14)8-5(10)2-4(9)6(11)7(8)12/h2-3H,12H2,1H3. The molecule has 0 bridgehead atoms. The minimum atomic E-state index is 0.193. The third kappa shape index (κ3) is 1.90. The van der Waals surface area contributed by atoms with Crippen LogP contribution in [0.15, 0.2) is 6.07 Å². The lowest BCUT2D eigenvalue weighted by Crippen LogP contribution is -2.16. The number of anilines is 2. The lowest BCUT2D eigenvalue weighted by atomic mass is 10.2. The second-order valence-electron chi connectivity index (χ2n) is 2.63. The van der Waals surface area contributed by atoms with E-state index in [1.54, 1.807) is 0 Å². The van der Waals surface area contributed by atoms with Crippen LogP contribution in [0, 0.1) is 0 Å². The summed E-state index contributed by atoms with van der Waals surface area (Å²) in [5, 5.41) is 0.739. The maximum atomic E-state index is 10.5. The third-order valence-electron chi connectivity index (χ3n) is 1.69. The number of benzene rings is 1. The number of rotatable bonds is 2. The van der Waals surface area contributed by atoms with Crippen LogP contribution >= 0.6 is 34.8 Å². The molecule has 0 aliphatic carbocycles. The predicted octanol–water partition coefficient (Wildman–Crippen LogP) is 2.82. The van der Waals surface area contributed by atoms with Gasteiger partial charge in [-0.25, -0.2) is 0 Å². The Kier molecular flexibility index (Phi) is 3.48. The fraction of sp³-hybridized carbons (Fsp3) is 0.125. The average molecular weight is 254 g/mol. The lowest BCUT2D eigenvalue weighted by molar-refractivity contribution is -0.107. The normalized spacial score (nSPS) is 10.0. The number of hydrogen-bond acceptors (Lipinski definition) is 2. The molecule has 0 saturated carbocycles. The summed E-state index contributed by atoms with van der Waals surface area (Å²) in [6.45, 7) is 0. The third-order valence-corrected chi connectivity index (χ3v) is 2.78.